The first-order chi connectivity index (χ1) is 7.50. The minimum Gasteiger partial charge on any atom is -0.341 e. The van der Waals surface area contributed by atoms with E-state index in [0.29, 0.717) is 12.5 Å². The summed E-state index contributed by atoms with van der Waals surface area (Å²) in [4.78, 5) is 15.7. The quantitative estimate of drug-likeness (QED) is 0.720. The molecule has 1 heterocycles. The number of nitrogens with zero attached hydrogens (tertiary/aromatic N) is 2. The van der Waals surface area contributed by atoms with Crippen molar-refractivity contribution in [2.24, 2.45) is 11.7 Å². The molecular weight excluding hydrogens is 202 g/mol. The molecule has 1 amide bonds. The van der Waals surface area contributed by atoms with Crippen molar-refractivity contribution in [2.75, 3.05) is 33.2 Å². The summed E-state index contributed by atoms with van der Waals surface area (Å²) in [5.41, 5.74) is 5.97. The Morgan fingerprint density at radius 1 is 1.44 bits per heavy atom. The fraction of sp³-hybridized carbons (Fsp3) is 0.917. The highest BCUT2D eigenvalue weighted by molar-refractivity contribution is 5.78. The van der Waals surface area contributed by atoms with Crippen molar-refractivity contribution in [1.29, 1.82) is 0 Å². The predicted molar refractivity (Wildman–Crippen MR) is 66.1 cm³/mol. The topological polar surface area (TPSA) is 49.6 Å². The summed E-state index contributed by atoms with van der Waals surface area (Å²) in [6.45, 7) is 7.59. The minimum absolute atomic E-state index is 0.238. The second kappa shape index (κ2) is 6.21. The molecule has 1 rings (SSSR count). The van der Waals surface area contributed by atoms with Gasteiger partial charge >= 0.3 is 0 Å². The molecule has 1 fully saturated rings. The van der Waals surface area contributed by atoms with E-state index in [9.17, 15) is 4.79 Å². The molecule has 0 aromatic heterocycles. The molecule has 2 N–H and O–H groups in total. The average molecular weight is 227 g/mol. The summed E-state index contributed by atoms with van der Waals surface area (Å²) in [5.74, 6) is 0.770. The molecule has 1 unspecified atom stereocenters. The third-order valence-electron chi connectivity index (χ3n) is 3.31. The number of rotatable bonds is 6. The maximum Gasteiger partial charge on any atom is 0.236 e. The van der Waals surface area contributed by atoms with E-state index in [1.807, 2.05) is 11.9 Å². The summed E-state index contributed by atoms with van der Waals surface area (Å²) in [7, 11) is 1.99. The number of hydrogen-bond donors (Lipinski definition) is 1. The maximum absolute atomic E-state index is 11.7. The van der Waals surface area contributed by atoms with Crippen LogP contribution in [0.25, 0.3) is 0 Å². The molecule has 4 nitrogen and oxygen atoms in total. The van der Waals surface area contributed by atoms with Crippen LogP contribution in [0.1, 0.15) is 26.7 Å². The lowest BCUT2D eigenvalue weighted by atomic mass is 10.0. The van der Waals surface area contributed by atoms with Crippen LogP contribution in [-0.4, -0.2) is 55.0 Å². The van der Waals surface area contributed by atoms with Crippen molar-refractivity contribution in [3.8, 4) is 0 Å². The molecule has 4 heteroatoms. The summed E-state index contributed by atoms with van der Waals surface area (Å²) < 4.78 is 0. The van der Waals surface area contributed by atoms with Crippen LogP contribution < -0.4 is 5.73 Å². The smallest absolute Gasteiger partial charge is 0.236 e. The second-order valence-electron chi connectivity index (χ2n) is 5.17. The van der Waals surface area contributed by atoms with Gasteiger partial charge in [0.15, 0.2) is 0 Å². The fourth-order valence-electron chi connectivity index (χ4n) is 1.68. The third-order valence-corrected chi connectivity index (χ3v) is 3.31. The molecule has 0 spiro atoms. The third kappa shape index (κ3) is 4.10. The summed E-state index contributed by atoms with van der Waals surface area (Å²) in [5, 5.41) is 0. The normalized spacial score (nSPS) is 17.8. The molecule has 0 saturated carbocycles. The standard InChI is InChI=1S/C12H25N3O/c1-10(2)11(13)5-8-14(3)9-12(16)15-6-4-7-15/h10-11H,4-9,13H2,1-3H3. The highest BCUT2D eigenvalue weighted by atomic mass is 16.2. The van der Waals surface area contributed by atoms with Gasteiger partial charge in [0, 0.05) is 19.1 Å². The number of hydrogen-bond acceptors (Lipinski definition) is 3. The Kier molecular flexibility index (Phi) is 5.22. The molecule has 1 aliphatic heterocycles. The van der Waals surface area contributed by atoms with Gasteiger partial charge in [0.1, 0.15) is 0 Å². The highest BCUT2D eigenvalue weighted by Gasteiger charge is 2.21. The molecule has 1 saturated heterocycles. The molecule has 0 aromatic carbocycles. The van der Waals surface area contributed by atoms with Gasteiger partial charge in [-0.1, -0.05) is 13.8 Å². The number of likely N-dealkylation sites (tertiary alicyclic amines) is 1. The maximum atomic E-state index is 11.7. The van der Waals surface area contributed by atoms with Crippen LogP contribution in [0.4, 0.5) is 0 Å². The van der Waals surface area contributed by atoms with Gasteiger partial charge in [-0.15, -0.1) is 0 Å². The largest absolute Gasteiger partial charge is 0.341 e. The van der Waals surface area contributed by atoms with Crippen molar-refractivity contribution in [1.82, 2.24) is 9.80 Å². The first-order valence-corrected chi connectivity index (χ1v) is 6.22. The molecule has 0 aliphatic carbocycles. The van der Waals surface area contributed by atoms with Crippen LogP contribution >= 0.6 is 0 Å². The van der Waals surface area contributed by atoms with E-state index in [4.69, 9.17) is 5.73 Å². The summed E-state index contributed by atoms with van der Waals surface area (Å²) >= 11 is 0. The molecule has 1 atom stereocenters. The number of amides is 1. The van der Waals surface area contributed by atoms with Crippen molar-refractivity contribution in [3.05, 3.63) is 0 Å². The van der Waals surface area contributed by atoms with Gasteiger partial charge in [-0.25, -0.2) is 0 Å². The zero-order valence-corrected chi connectivity index (χ0v) is 10.8. The first kappa shape index (κ1) is 13.5. The van der Waals surface area contributed by atoms with Crippen LogP contribution in [0.5, 0.6) is 0 Å². The number of likely N-dealkylation sites (N-methyl/N-ethyl adjacent to an activating group) is 1. The van der Waals surface area contributed by atoms with Crippen LogP contribution in [0.15, 0.2) is 0 Å². The van der Waals surface area contributed by atoms with E-state index < -0.39 is 0 Å². The Hall–Kier alpha value is -0.610. The van der Waals surface area contributed by atoms with Crippen LogP contribution in [0, 0.1) is 5.92 Å². The van der Waals surface area contributed by atoms with Gasteiger partial charge in [0.2, 0.25) is 5.91 Å². The lowest BCUT2D eigenvalue weighted by molar-refractivity contribution is -0.135. The van der Waals surface area contributed by atoms with Gasteiger partial charge < -0.3 is 10.6 Å². The monoisotopic (exact) mass is 227 g/mol. The van der Waals surface area contributed by atoms with Gasteiger partial charge in [-0.2, -0.15) is 0 Å². The average Bonchev–Trinajstić information content (AvgIpc) is 2.10. The lowest BCUT2D eigenvalue weighted by Crippen LogP contribution is -2.47. The van der Waals surface area contributed by atoms with E-state index in [0.717, 1.165) is 32.5 Å². The van der Waals surface area contributed by atoms with Crippen molar-refractivity contribution in [3.63, 3.8) is 0 Å². The van der Waals surface area contributed by atoms with Crippen LogP contribution in [0.3, 0.4) is 0 Å². The second-order valence-corrected chi connectivity index (χ2v) is 5.17. The van der Waals surface area contributed by atoms with Crippen LogP contribution in [-0.2, 0) is 4.79 Å². The zero-order chi connectivity index (χ0) is 12.1. The summed E-state index contributed by atoms with van der Waals surface area (Å²) in [6.07, 6.45) is 2.12. The molecule has 0 radical (unpaired) electrons. The fourth-order valence-corrected chi connectivity index (χ4v) is 1.68. The van der Waals surface area contributed by atoms with Crippen molar-refractivity contribution in [2.45, 2.75) is 32.7 Å². The first-order valence-electron chi connectivity index (χ1n) is 6.22. The predicted octanol–water partition coefficient (Wildman–Crippen LogP) is 0.524. The van der Waals surface area contributed by atoms with Crippen LogP contribution in [0.2, 0.25) is 0 Å². The lowest BCUT2D eigenvalue weighted by Gasteiger charge is -2.32. The van der Waals surface area contributed by atoms with Gasteiger partial charge in [-0.05, 0) is 32.4 Å². The molecule has 94 valence electrons. The molecule has 0 aromatic rings. The molecule has 1 aliphatic rings. The van der Waals surface area contributed by atoms with E-state index in [2.05, 4.69) is 18.7 Å². The number of nitrogens with two attached hydrogens (primary N) is 1. The van der Waals surface area contributed by atoms with Gasteiger partial charge in [0.05, 0.1) is 6.54 Å². The zero-order valence-electron chi connectivity index (χ0n) is 10.8. The van der Waals surface area contributed by atoms with E-state index >= 15 is 0 Å². The Balaban J connectivity index is 2.14. The van der Waals surface area contributed by atoms with E-state index in [1.54, 1.807) is 0 Å². The summed E-state index contributed by atoms with van der Waals surface area (Å²) in [6, 6.07) is 0.238. The molecular formula is C12H25N3O. The number of carbonyl (C=O) groups is 1. The highest BCUT2D eigenvalue weighted by Crippen LogP contribution is 2.07. The van der Waals surface area contributed by atoms with Gasteiger partial charge in [0.25, 0.3) is 0 Å². The number of carbonyl (C=O) groups excluding carboxylic acids is 1. The Labute approximate surface area is 98.8 Å². The Bertz CT molecular complexity index is 226. The van der Waals surface area contributed by atoms with Crippen molar-refractivity contribution < 1.29 is 4.79 Å². The Morgan fingerprint density at radius 3 is 2.50 bits per heavy atom. The van der Waals surface area contributed by atoms with Gasteiger partial charge in [-0.3, -0.25) is 9.69 Å². The molecule has 16 heavy (non-hydrogen) atoms. The minimum atomic E-state index is 0.238. The van der Waals surface area contributed by atoms with Crippen molar-refractivity contribution >= 4 is 5.91 Å². The van der Waals surface area contributed by atoms with E-state index in [1.165, 1.54) is 0 Å². The van der Waals surface area contributed by atoms with E-state index in [-0.39, 0.29) is 11.9 Å². The Morgan fingerprint density at radius 2 is 2.06 bits per heavy atom. The SMILES string of the molecule is CC(C)C(N)CCN(C)CC(=O)N1CCC1. The molecule has 0 bridgehead atoms.